The fraction of sp³-hybridized carbons (Fsp3) is 0.0714. The second-order valence-corrected chi connectivity index (χ2v) is 6.07. The van der Waals surface area contributed by atoms with Crippen LogP contribution in [0, 0.1) is 3.57 Å². The van der Waals surface area contributed by atoms with Gasteiger partial charge in [0.2, 0.25) is 0 Å². The van der Waals surface area contributed by atoms with Gasteiger partial charge in [-0.3, -0.25) is 0 Å². The minimum atomic E-state index is 0.265. The maximum absolute atomic E-state index is 9.32. The van der Waals surface area contributed by atoms with Gasteiger partial charge in [-0.25, -0.2) is 4.98 Å². The molecular weight excluding hydrogens is 373 g/mol. The van der Waals surface area contributed by atoms with Crippen molar-refractivity contribution >= 4 is 44.1 Å². The van der Waals surface area contributed by atoms with E-state index in [0.29, 0.717) is 0 Å². The van der Waals surface area contributed by atoms with Crippen molar-refractivity contribution in [2.75, 3.05) is 7.11 Å². The molecule has 1 N–H and O–H groups in total. The molecule has 0 aliphatic heterocycles. The molecule has 2 aromatic carbocycles. The molecule has 0 amide bonds. The second-order valence-electron chi connectivity index (χ2n) is 4.00. The van der Waals surface area contributed by atoms with Crippen LogP contribution in [0.15, 0.2) is 36.4 Å². The van der Waals surface area contributed by atoms with Gasteiger partial charge in [0.05, 0.1) is 20.9 Å². The number of ether oxygens (including phenoxy) is 1. The molecule has 3 nitrogen and oxygen atoms in total. The van der Waals surface area contributed by atoms with Gasteiger partial charge in [-0.05, 0) is 59.0 Å². The summed E-state index contributed by atoms with van der Waals surface area (Å²) in [6.07, 6.45) is 0. The predicted octanol–water partition coefficient (Wildman–Crippen LogP) is 4.28. The van der Waals surface area contributed by atoms with Crippen LogP contribution < -0.4 is 4.74 Å². The Hall–Kier alpha value is -1.34. The average Bonchev–Trinajstić information content (AvgIpc) is 2.85. The topological polar surface area (TPSA) is 42.4 Å². The van der Waals surface area contributed by atoms with E-state index in [0.717, 1.165) is 30.1 Å². The summed E-state index contributed by atoms with van der Waals surface area (Å²) in [5, 5.41) is 10.3. The number of hydrogen-bond donors (Lipinski definition) is 1. The maximum atomic E-state index is 9.32. The van der Waals surface area contributed by atoms with Crippen LogP contribution in [0.2, 0.25) is 0 Å². The Morgan fingerprint density at radius 2 is 1.89 bits per heavy atom. The Morgan fingerprint density at radius 3 is 2.58 bits per heavy atom. The Labute approximate surface area is 128 Å². The van der Waals surface area contributed by atoms with Gasteiger partial charge in [-0.1, -0.05) is 0 Å². The fourth-order valence-corrected chi connectivity index (χ4v) is 3.83. The van der Waals surface area contributed by atoms with E-state index in [-0.39, 0.29) is 5.75 Å². The number of halogens is 1. The molecule has 0 bridgehead atoms. The largest absolute Gasteiger partial charge is 0.508 e. The normalized spacial score (nSPS) is 10.8. The maximum Gasteiger partial charge on any atom is 0.133 e. The Bertz CT molecular complexity index is 737. The summed E-state index contributed by atoms with van der Waals surface area (Å²) in [6, 6.07) is 11.0. The van der Waals surface area contributed by atoms with Crippen molar-refractivity contribution in [3.8, 4) is 22.1 Å². The van der Waals surface area contributed by atoms with Crippen molar-refractivity contribution in [3.05, 3.63) is 40.0 Å². The number of thiazole rings is 1. The van der Waals surface area contributed by atoms with Gasteiger partial charge < -0.3 is 9.84 Å². The van der Waals surface area contributed by atoms with Gasteiger partial charge in [0.25, 0.3) is 0 Å². The fourth-order valence-electron chi connectivity index (χ4n) is 1.83. The lowest BCUT2D eigenvalue weighted by Crippen LogP contribution is -1.85. The van der Waals surface area contributed by atoms with Crippen LogP contribution in [-0.2, 0) is 0 Å². The minimum absolute atomic E-state index is 0.265. The zero-order chi connectivity index (χ0) is 13.4. The van der Waals surface area contributed by atoms with Gasteiger partial charge in [0, 0.05) is 5.56 Å². The number of nitrogens with zero attached hydrogens (tertiary/aromatic N) is 1. The van der Waals surface area contributed by atoms with Gasteiger partial charge in [-0.2, -0.15) is 0 Å². The first-order valence-corrected chi connectivity index (χ1v) is 7.51. The molecule has 0 saturated heterocycles. The van der Waals surface area contributed by atoms with E-state index in [2.05, 4.69) is 27.6 Å². The minimum Gasteiger partial charge on any atom is -0.508 e. The zero-order valence-corrected chi connectivity index (χ0v) is 13.0. The molecule has 0 saturated carbocycles. The first kappa shape index (κ1) is 12.7. The Balaban J connectivity index is 2.16. The first-order valence-electron chi connectivity index (χ1n) is 5.61. The molecule has 0 aliphatic rings. The molecule has 96 valence electrons. The number of methoxy groups -OCH3 is 1. The van der Waals surface area contributed by atoms with Gasteiger partial charge in [0.15, 0.2) is 0 Å². The van der Waals surface area contributed by atoms with Crippen LogP contribution >= 0.6 is 33.9 Å². The highest BCUT2D eigenvalue weighted by Gasteiger charge is 2.12. The summed E-state index contributed by atoms with van der Waals surface area (Å²) in [4.78, 5) is 4.63. The molecule has 0 atom stereocenters. The number of fused-ring (bicyclic) bond motifs is 1. The van der Waals surface area contributed by atoms with E-state index in [1.165, 1.54) is 0 Å². The Kier molecular flexibility index (Phi) is 3.32. The number of phenolic OH excluding ortho intramolecular Hbond substituents is 1. The van der Waals surface area contributed by atoms with E-state index in [1.807, 2.05) is 24.3 Å². The summed E-state index contributed by atoms with van der Waals surface area (Å²) in [5.74, 6) is 1.13. The number of phenols is 1. The molecule has 0 fully saturated rings. The van der Waals surface area contributed by atoms with Gasteiger partial charge in [-0.15, -0.1) is 11.3 Å². The van der Waals surface area contributed by atoms with Crippen molar-refractivity contribution < 1.29 is 9.84 Å². The third-order valence-corrected chi connectivity index (χ3v) is 5.37. The molecular formula is C14H10INO2S. The number of rotatable bonds is 2. The summed E-state index contributed by atoms with van der Waals surface area (Å²) in [5.41, 5.74) is 1.98. The summed E-state index contributed by atoms with van der Waals surface area (Å²) in [7, 11) is 1.67. The molecule has 1 heterocycles. The van der Waals surface area contributed by atoms with Gasteiger partial charge in [0.1, 0.15) is 16.5 Å². The average molecular weight is 383 g/mol. The molecule has 0 radical (unpaired) electrons. The Morgan fingerprint density at radius 1 is 1.16 bits per heavy atom. The SMILES string of the molecule is COc1ccc2nc(-c3ccc(O)cc3)sc2c1I. The molecule has 0 unspecified atom stereocenters. The molecule has 3 rings (SSSR count). The van der Waals surface area contributed by atoms with Crippen molar-refractivity contribution in [1.29, 1.82) is 0 Å². The molecule has 19 heavy (non-hydrogen) atoms. The molecule has 0 spiro atoms. The summed E-state index contributed by atoms with van der Waals surface area (Å²) in [6.45, 7) is 0. The van der Waals surface area contributed by atoms with E-state index >= 15 is 0 Å². The zero-order valence-electron chi connectivity index (χ0n) is 10.1. The molecule has 5 heteroatoms. The second kappa shape index (κ2) is 4.97. The highest BCUT2D eigenvalue weighted by atomic mass is 127. The summed E-state index contributed by atoms with van der Waals surface area (Å²) >= 11 is 3.91. The standard InChI is InChI=1S/C14H10INO2S/c1-18-11-7-6-10-13(12(11)15)19-14(16-10)8-2-4-9(17)5-3-8/h2-7,17H,1H3. The van der Waals surface area contributed by atoms with Crippen molar-refractivity contribution in [2.45, 2.75) is 0 Å². The number of benzene rings is 2. The molecule has 1 aromatic heterocycles. The smallest absolute Gasteiger partial charge is 0.133 e. The third-order valence-electron chi connectivity index (χ3n) is 2.80. The van der Waals surface area contributed by atoms with E-state index in [4.69, 9.17) is 4.74 Å². The van der Waals surface area contributed by atoms with Crippen LogP contribution in [0.4, 0.5) is 0 Å². The highest BCUT2D eigenvalue weighted by Crippen LogP contribution is 2.37. The third kappa shape index (κ3) is 2.28. The molecule has 0 aliphatic carbocycles. The number of aromatic hydroxyl groups is 1. The lowest BCUT2D eigenvalue weighted by molar-refractivity contribution is 0.412. The number of hydrogen-bond acceptors (Lipinski definition) is 4. The molecule has 3 aromatic rings. The monoisotopic (exact) mass is 383 g/mol. The van der Waals surface area contributed by atoms with E-state index in [9.17, 15) is 5.11 Å². The van der Waals surface area contributed by atoms with Crippen LogP contribution in [0.5, 0.6) is 11.5 Å². The van der Waals surface area contributed by atoms with Crippen molar-refractivity contribution in [3.63, 3.8) is 0 Å². The van der Waals surface area contributed by atoms with E-state index < -0.39 is 0 Å². The van der Waals surface area contributed by atoms with Gasteiger partial charge >= 0.3 is 0 Å². The summed E-state index contributed by atoms with van der Waals surface area (Å²) < 4.78 is 7.53. The quantitative estimate of drug-likeness (QED) is 0.672. The van der Waals surface area contributed by atoms with E-state index in [1.54, 1.807) is 30.6 Å². The first-order chi connectivity index (χ1) is 9.19. The van der Waals surface area contributed by atoms with Crippen LogP contribution in [0.3, 0.4) is 0 Å². The van der Waals surface area contributed by atoms with Crippen LogP contribution in [0.25, 0.3) is 20.8 Å². The number of aromatic nitrogens is 1. The predicted molar refractivity (Wildman–Crippen MR) is 86.0 cm³/mol. The van der Waals surface area contributed by atoms with Crippen molar-refractivity contribution in [1.82, 2.24) is 4.98 Å². The van der Waals surface area contributed by atoms with Crippen molar-refractivity contribution in [2.24, 2.45) is 0 Å². The highest BCUT2D eigenvalue weighted by molar-refractivity contribution is 14.1. The lowest BCUT2D eigenvalue weighted by Gasteiger charge is -2.01. The van der Waals surface area contributed by atoms with Crippen LogP contribution in [-0.4, -0.2) is 17.2 Å². The van der Waals surface area contributed by atoms with Crippen LogP contribution in [0.1, 0.15) is 0 Å². The lowest BCUT2D eigenvalue weighted by atomic mass is 10.2.